The highest BCUT2D eigenvalue weighted by atomic mass is 35.5. The van der Waals surface area contributed by atoms with Crippen LogP contribution in [0.25, 0.3) is 16.5 Å². The number of aromatic amines is 1. The van der Waals surface area contributed by atoms with Gasteiger partial charge in [0.05, 0.1) is 30.6 Å². The molecule has 0 spiro atoms. The van der Waals surface area contributed by atoms with Gasteiger partial charge in [-0.1, -0.05) is 13.8 Å². The van der Waals surface area contributed by atoms with Crippen molar-refractivity contribution in [2.75, 3.05) is 46.0 Å². The Morgan fingerprint density at radius 3 is 2.49 bits per heavy atom. The number of ether oxygens (including phenoxy) is 3. The monoisotopic (exact) mass is 585 g/mol. The van der Waals surface area contributed by atoms with E-state index in [1.807, 2.05) is 13.8 Å². The van der Waals surface area contributed by atoms with Gasteiger partial charge in [0.1, 0.15) is 18.2 Å². The largest absolute Gasteiger partial charge is 0.492 e. The summed E-state index contributed by atoms with van der Waals surface area (Å²) in [6, 6.07) is 11.6. The van der Waals surface area contributed by atoms with Crippen molar-refractivity contribution in [2.45, 2.75) is 39.2 Å². The summed E-state index contributed by atoms with van der Waals surface area (Å²) in [4.78, 5) is 34.1. The van der Waals surface area contributed by atoms with Crippen LogP contribution in [-0.2, 0) is 19.7 Å². The van der Waals surface area contributed by atoms with Crippen LogP contribution < -0.4 is 4.74 Å². The maximum atomic E-state index is 14.0. The van der Waals surface area contributed by atoms with E-state index in [0.717, 1.165) is 43.8 Å². The van der Waals surface area contributed by atoms with Crippen molar-refractivity contribution in [3.05, 3.63) is 71.3 Å². The van der Waals surface area contributed by atoms with Crippen LogP contribution in [0.2, 0.25) is 0 Å². The zero-order valence-electron chi connectivity index (χ0n) is 23.9. The molecule has 220 valence electrons. The number of nitrogens with zero attached hydrogens (tertiary/aromatic N) is 2. The van der Waals surface area contributed by atoms with Crippen molar-refractivity contribution in [2.24, 2.45) is 0 Å². The second-order valence-electron chi connectivity index (χ2n) is 11.2. The molecule has 1 saturated heterocycles. The van der Waals surface area contributed by atoms with E-state index in [-0.39, 0.29) is 35.8 Å². The Morgan fingerprint density at radius 2 is 1.80 bits per heavy atom. The Bertz CT molecular complexity index is 1430. The smallest absolute Gasteiger partial charge is 0.342 e. The van der Waals surface area contributed by atoms with Crippen molar-refractivity contribution in [3.8, 4) is 5.75 Å². The van der Waals surface area contributed by atoms with Crippen LogP contribution in [0, 0.1) is 5.82 Å². The van der Waals surface area contributed by atoms with E-state index in [2.05, 4.69) is 9.88 Å². The fraction of sp³-hybridized carbons (Fsp3) is 0.419. The Balaban J connectivity index is 0.00000387. The number of aromatic nitrogens is 1. The molecule has 1 fully saturated rings. The van der Waals surface area contributed by atoms with Crippen molar-refractivity contribution in [1.29, 1.82) is 0 Å². The lowest BCUT2D eigenvalue weighted by atomic mass is 9.81. The zero-order chi connectivity index (χ0) is 28.4. The predicted molar refractivity (Wildman–Crippen MR) is 158 cm³/mol. The van der Waals surface area contributed by atoms with E-state index in [1.165, 1.54) is 12.1 Å². The Labute approximate surface area is 245 Å². The second-order valence-corrected chi connectivity index (χ2v) is 11.2. The molecule has 3 aromatic rings. The Hall–Kier alpha value is -3.40. The van der Waals surface area contributed by atoms with E-state index in [4.69, 9.17) is 14.2 Å². The summed E-state index contributed by atoms with van der Waals surface area (Å²) >= 11 is 0. The molecule has 41 heavy (non-hydrogen) atoms. The molecule has 2 aliphatic rings. The minimum atomic E-state index is -0.569. The third-order valence-electron chi connectivity index (χ3n) is 7.26. The Kier molecular flexibility index (Phi) is 9.41. The fourth-order valence-electron chi connectivity index (χ4n) is 5.39. The van der Waals surface area contributed by atoms with Gasteiger partial charge in [0.2, 0.25) is 0 Å². The third-order valence-corrected chi connectivity index (χ3v) is 7.26. The summed E-state index contributed by atoms with van der Waals surface area (Å²) in [6.07, 6.45) is 1.20. The maximum Gasteiger partial charge on any atom is 0.342 e. The average molecular weight is 586 g/mol. The number of rotatable bonds is 7. The third kappa shape index (κ3) is 6.74. The minimum absolute atomic E-state index is 0. The highest BCUT2D eigenvalue weighted by Crippen LogP contribution is 2.41. The molecule has 0 radical (unpaired) electrons. The predicted octanol–water partition coefficient (Wildman–Crippen LogP) is 5.17. The van der Waals surface area contributed by atoms with Gasteiger partial charge >= 0.3 is 5.97 Å². The van der Waals surface area contributed by atoms with Crippen LogP contribution in [0.15, 0.2) is 48.7 Å². The summed E-state index contributed by atoms with van der Waals surface area (Å²) in [6.45, 7) is 12.5. The molecule has 0 bridgehead atoms. The first-order chi connectivity index (χ1) is 19.1. The number of carbonyl (C=O) groups excluding carboxylic acids is 2. The van der Waals surface area contributed by atoms with E-state index < -0.39 is 11.4 Å². The zero-order valence-corrected chi connectivity index (χ0v) is 24.7. The normalized spacial score (nSPS) is 16.9. The molecular weight excluding hydrogens is 549 g/mol. The first kappa shape index (κ1) is 30.6. The van der Waals surface area contributed by atoms with Gasteiger partial charge in [0, 0.05) is 54.3 Å². The number of carbonyl (C=O) groups is 2. The van der Waals surface area contributed by atoms with Gasteiger partial charge in [-0.05, 0) is 61.9 Å². The number of fused-ring (bicyclic) bond motifs is 3. The molecule has 2 aromatic carbocycles. The van der Waals surface area contributed by atoms with Gasteiger partial charge in [-0.2, -0.15) is 0 Å². The summed E-state index contributed by atoms with van der Waals surface area (Å²) in [7, 11) is 0. The number of hydrogen-bond donors (Lipinski definition) is 1. The number of hydrogen-bond acceptors (Lipinski definition) is 6. The number of amides is 1. The molecule has 1 aromatic heterocycles. The SMILES string of the molecule is CC(C)OC(=O)C1=CN(C(=O)c2ccc(OCCN3CCOCC3)cc2)CC(C)(C)c2c1[nH]c1cc(F)ccc21.Cl. The second kappa shape index (κ2) is 12.6. The van der Waals surface area contributed by atoms with Gasteiger partial charge in [-0.15, -0.1) is 12.4 Å². The molecule has 3 heterocycles. The lowest BCUT2D eigenvalue weighted by Gasteiger charge is -2.29. The van der Waals surface area contributed by atoms with E-state index in [9.17, 15) is 14.0 Å². The molecule has 0 atom stereocenters. The molecule has 2 aliphatic heterocycles. The van der Waals surface area contributed by atoms with Crippen molar-refractivity contribution < 1.29 is 28.2 Å². The highest BCUT2D eigenvalue weighted by molar-refractivity contribution is 6.18. The van der Waals surface area contributed by atoms with E-state index in [0.29, 0.717) is 35.7 Å². The van der Waals surface area contributed by atoms with Gasteiger partial charge in [-0.3, -0.25) is 9.69 Å². The van der Waals surface area contributed by atoms with Crippen molar-refractivity contribution >= 4 is 40.8 Å². The Morgan fingerprint density at radius 1 is 1.10 bits per heavy atom. The standard InChI is InChI=1S/C31H36FN3O5.ClH/c1-20(2)40-30(37)25-18-35(19-31(3,4)27-24-10-7-22(32)17-26(24)33-28(25)27)29(36)21-5-8-23(9-6-21)39-16-13-34-11-14-38-15-12-34;/h5-10,17-18,20,33H,11-16,19H2,1-4H3;1H. The number of benzene rings is 2. The van der Waals surface area contributed by atoms with E-state index in [1.54, 1.807) is 55.3 Å². The summed E-state index contributed by atoms with van der Waals surface area (Å²) in [5, 5.41) is 0.803. The highest BCUT2D eigenvalue weighted by Gasteiger charge is 2.37. The van der Waals surface area contributed by atoms with Crippen molar-refractivity contribution in [3.63, 3.8) is 0 Å². The molecule has 0 unspecified atom stereocenters. The first-order valence-corrected chi connectivity index (χ1v) is 13.7. The number of halogens is 2. The average Bonchev–Trinajstić information content (AvgIpc) is 3.25. The summed E-state index contributed by atoms with van der Waals surface area (Å²) in [5.74, 6) is -0.486. The van der Waals surface area contributed by atoms with Crippen LogP contribution in [-0.4, -0.2) is 78.8 Å². The van der Waals surface area contributed by atoms with Gasteiger partial charge < -0.3 is 24.1 Å². The number of nitrogens with one attached hydrogen (secondary N) is 1. The van der Waals surface area contributed by atoms with E-state index >= 15 is 0 Å². The molecule has 1 N–H and O–H groups in total. The molecule has 8 nitrogen and oxygen atoms in total. The summed E-state index contributed by atoms with van der Waals surface area (Å²) in [5.41, 5.74) is 2.10. The fourth-order valence-corrected chi connectivity index (χ4v) is 5.39. The summed E-state index contributed by atoms with van der Waals surface area (Å²) < 4.78 is 30.9. The molecular formula is C31H37ClFN3O5. The van der Waals surface area contributed by atoms with Crippen LogP contribution in [0.5, 0.6) is 5.75 Å². The first-order valence-electron chi connectivity index (χ1n) is 13.7. The van der Waals surface area contributed by atoms with Crippen molar-refractivity contribution in [1.82, 2.24) is 14.8 Å². The number of H-pyrrole nitrogens is 1. The van der Waals surface area contributed by atoms with Crippen LogP contribution in [0.4, 0.5) is 4.39 Å². The molecule has 0 saturated carbocycles. The van der Waals surface area contributed by atoms with Crippen LogP contribution in [0.1, 0.15) is 49.3 Å². The number of esters is 1. The minimum Gasteiger partial charge on any atom is -0.492 e. The lowest BCUT2D eigenvalue weighted by Crippen LogP contribution is -2.38. The topological polar surface area (TPSA) is 84.1 Å². The van der Waals surface area contributed by atoms with Gasteiger partial charge in [0.25, 0.3) is 5.91 Å². The maximum absolute atomic E-state index is 14.0. The van der Waals surface area contributed by atoms with Crippen LogP contribution >= 0.6 is 12.4 Å². The van der Waals surface area contributed by atoms with Crippen LogP contribution in [0.3, 0.4) is 0 Å². The molecule has 10 heteroatoms. The lowest BCUT2D eigenvalue weighted by molar-refractivity contribution is -0.140. The quantitative estimate of drug-likeness (QED) is 0.385. The molecule has 0 aliphatic carbocycles. The van der Waals surface area contributed by atoms with Gasteiger partial charge in [-0.25, -0.2) is 9.18 Å². The molecule has 1 amide bonds. The number of morpholine rings is 1. The van der Waals surface area contributed by atoms with Gasteiger partial charge in [0.15, 0.2) is 0 Å². The molecule has 5 rings (SSSR count).